The minimum Gasteiger partial charge on any atom is -0.392 e. The lowest BCUT2D eigenvalue weighted by Gasteiger charge is -2.28. The third kappa shape index (κ3) is 3.81. The van der Waals surface area contributed by atoms with Crippen LogP contribution >= 0.6 is 0 Å². The lowest BCUT2D eigenvalue weighted by molar-refractivity contribution is -0.129. The van der Waals surface area contributed by atoms with Gasteiger partial charge in [-0.05, 0) is 39.8 Å². The Bertz CT molecular complexity index is 381. The molecule has 2 rings (SSSR count). The number of likely N-dealkylation sites (tertiary alicyclic amines) is 1. The lowest BCUT2D eigenvalue weighted by Crippen LogP contribution is -2.43. The molecule has 0 saturated carbocycles. The Morgan fingerprint density at radius 1 is 1.45 bits per heavy atom. The quantitative estimate of drug-likeness (QED) is 0.797. The third-order valence-corrected chi connectivity index (χ3v) is 4.24. The van der Waals surface area contributed by atoms with Gasteiger partial charge in [-0.25, -0.2) is 0 Å². The van der Waals surface area contributed by atoms with E-state index in [2.05, 4.69) is 15.9 Å². The van der Waals surface area contributed by atoms with Crippen molar-refractivity contribution in [3.63, 3.8) is 0 Å². The van der Waals surface area contributed by atoms with Gasteiger partial charge in [0.15, 0.2) is 0 Å². The number of amides is 1. The van der Waals surface area contributed by atoms with Gasteiger partial charge in [0.2, 0.25) is 5.91 Å². The Balaban J connectivity index is 1.91. The maximum absolute atomic E-state index is 12.4. The first-order valence-corrected chi connectivity index (χ1v) is 7.50. The fourth-order valence-electron chi connectivity index (χ4n) is 3.16. The zero-order valence-corrected chi connectivity index (χ0v) is 12.9. The standard InChI is InChI=1S/C15H27N3O2/c1-16(2)9-13-8-14(19)10-18(13)11-15(20)17(3)12-6-4-5-7-12/h6,13-14,19H,4-5,7-11H2,1-3H3. The van der Waals surface area contributed by atoms with Crippen molar-refractivity contribution in [2.24, 2.45) is 0 Å². The Labute approximate surface area is 121 Å². The molecule has 1 aliphatic heterocycles. The first-order chi connectivity index (χ1) is 9.47. The average molecular weight is 281 g/mol. The summed E-state index contributed by atoms with van der Waals surface area (Å²) in [6.45, 7) is 1.90. The lowest BCUT2D eigenvalue weighted by atomic mass is 10.2. The smallest absolute Gasteiger partial charge is 0.240 e. The van der Waals surface area contributed by atoms with Gasteiger partial charge in [-0.2, -0.15) is 0 Å². The fraction of sp³-hybridized carbons (Fsp3) is 0.800. The molecule has 20 heavy (non-hydrogen) atoms. The second-order valence-electron chi connectivity index (χ2n) is 6.28. The van der Waals surface area contributed by atoms with Crippen molar-refractivity contribution in [3.05, 3.63) is 11.8 Å². The van der Waals surface area contributed by atoms with Crippen LogP contribution in [0.2, 0.25) is 0 Å². The maximum atomic E-state index is 12.4. The van der Waals surface area contributed by atoms with Crippen LogP contribution in [-0.2, 0) is 4.79 Å². The summed E-state index contributed by atoms with van der Waals surface area (Å²) in [5.41, 5.74) is 1.15. The van der Waals surface area contributed by atoms with E-state index in [4.69, 9.17) is 0 Å². The highest BCUT2D eigenvalue weighted by Crippen LogP contribution is 2.22. The summed E-state index contributed by atoms with van der Waals surface area (Å²) in [5.74, 6) is 0.135. The summed E-state index contributed by atoms with van der Waals surface area (Å²) >= 11 is 0. The summed E-state index contributed by atoms with van der Waals surface area (Å²) in [6, 6.07) is 0.273. The normalized spacial score (nSPS) is 27.1. The highest BCUT2D eigenvalue weighted by atomic mass is 16.3. The van der Waals surface area contributed by atoms with E-state index in [-0.39, 0.29) is 18.1 Å². The van der Waals surface area contributed by atoms with E-state index in [1.165, 1.54) is 0 Å². The van der Waals surface area contributed by atoms with Gasteiger partial charge in [0.05, 0.1) is 12.6 Å². The van der Waals surface area contributed by atoms with E-state index in [1.807, 2.05) is 21.1 Å². The molecule has 0 radical (unpaired) electrons. The van der Waals surface area contributed by atoms with Gasteiger partial charge >= 0.3 is 0 Å². The van der Waals surface area contributed by atoms with E-state index < -0.39 is 0 Å². The molecule has 0 spiro atoms. The van der Waals surface area contributed by atoms with Crippen molar-refractivity contribution in [3.8, 4) is 0 Å². The van der Waals surface area contributed by atoms with Crippen LogP contribution in [0.25, 0.3) is 0 Å². The molecule has 5 nitrogen and oxygen atoms in total. The number of aliphatic hydroxyl groups excluding tert-OH is 1. The molecule has 0 aromatic carbocycles. The van der Waals surface area contributed by atoms with E-state index >= 15 is 0 Å². The van der Waals surface area contributed by atoms with E-state index in [9.17, 15) is 9.90 Å². The van der Waals surface area contributed by atoms with Crippen molar-refractivity contribution >= 4 is 5.91 Å². The fourth-order valence-corrected chi connectivity index (χ4v) is 3.16. The van der Waals surface area contributed by atoms with Crippen LogP contribution in [0, 0.1) is 0 Å². The third-order valence-electron chi connectivity index (χ3n) is 4.24. The van der Waals surface area contributed by atoms with Crippen LogP contribution in [0.15, 0.2) is 11.8 Å². The van der Waals surface area contributed by atoms with Crippen molar-refractivity contribution in [1.82, 2.24) is 14.7 Å². The zero-order chi connectivity index (χ0) is 14.7. The highest BCUT2D eigenvalue weighted by molar-refractivity contribution is 5.80. The number of aliphatic hydroxyl groups is 1. The molecular weight excluding hydrogens is 254 g/mol. The average Bonchev–Trinajstić information content (AvgIpc) is 2.98. The second kappa shape index (κ2) is 6.70. The molecule has 114 valence electrons. The van der Waals surface area contributed by atoms with Gasteiger partial charge in [-0.15, -0.1) is 0 Å². The second-order valence-corrected chi connectivity index (χ2v) is 6.28. The summed E-state index contributed by atoms with van der Waals surface area (Å²) in [4.78, 5) is 18.4. The van der Waals surface area contributed by atoms with Crippen molar-refractivity contribution in [2.75, 3.05) is 40.8 Å². The van der Waals surface area contributed by atoms with Crippen LogP contribution in [0.1, 0.15) is 25.7 Å². The molecule has 1 fully saturated rings. The molecule has 2 aliphatic rings. The van der Waals surface area contributed by atoms with Crippen LogP contribution < -0.4 is 0 Å². The van der Waals surface area contributed by atoms with Gasteiger partial charge in [-0.3, -0.25) is 9.69 Å². The molecule has 1 amide bonds. The van der Waals surface area contributed by atoms with Crippen molar-refractivity contribution in [1.29, 1.82) is 0 Å². The minimum atomic E-state index is -0.302. The molecule has 1 heterocycles. The van der Waals surface area contributed by atoms with E-state index in [0.29, 0.717) is 13.1 Å². The largest absolute Gasteiger partial charge is 0.392 e. The topological polar surface area (TPSA) is 47.0 Å². The minimum absolute atomic E-state index is 0.135. The molecule has 5 heteroatoms. The summed E-state index contributed by atoms with van der Waals surface area (Å²) < 4.78 is 0. The summed E-state index contributed by atoms with van der Waals surface area (Å²) in [7, 11) is 5.92. The Hall–Kier alpha value is -0.910. The number of β-amino-alcohol motifs (C(OH)–C–C–N with tert-alkyl or cyclic N) is 1. The SMILES string of the molecule is CN(C)CC1CC(O)CN1CC(=O)N(C)C1=CCCC1. The Morgan fingerprint density at radius 2 is 2.20 bits per heavy atom. The highest BCUT2D eigenvalue weighted by Gasteiger charge is 2.33. The number of carbonyl (C=O) groups is 1. The summed E-state index contributed by atoms with van der Waals surface area (Å²) in [5, 5.41) is 9.85. The van der Waals surface area contributed by atoms with E-state index in [0.717, 1.165) is 37.9 Å². The monoisotopic (exact) mass is 281 g/mol. The summed E-state index contributed by atoms with van der Waals surface area (Å²) in [6.07, 6.45) is 5.86. The molecule has 1 saturated heterocycles. The number of rotatable bonds is 5. The number of allylic oxidation sites excluding steroid dienone is 2. The number of nitrogens with zero attached hydrogens (tertiary/aromatic N) is 3. The molecule has 1 N–H and O–H groups in total. The Morgan fingerprint density at radius 3 is 2.80 bits per heavy atom. The first kappa shape index (κ1) is 15.5. The molecule has 0 bridgehead atoms. The van der Waals surface area contributed by atoms with Crippen LogP contribution in [0.4, 0.5) is 0 Å². The molecule has 1 aliphatic carbocycles. The number of likely N-dealkylation sites (N-methyl/N-ethyl adjacent to an activating group) is 2. The number of carbonyl (C=O) groups excluding carboxylic acids is 1. The van der Waals surface area contributed by atoms with Gasteiger partial charge in [0.1, 0.15) is 0 Å². The van der Waals surface area contributed by atoms with Crippen LogP contribution in [-0.4, -0.2) is 78.6 Å². The predicted octanol–water partition coefficient (Wildman–Crippen LogP) is 0.509. The molecular formula is C15H27N3O2. The van der Waals surface area contributed by atoms with E-state index in [1.54, 1.807) is 4.90 Å². The van der Waals surface area contributed by atoms with Crippen molar-refractivity contribution in [2.45, 2.75) is 37.8 Å². The van der Waals surface area contributed by atoms with Gasteiger partial charge < -0.3 is 14.9 Å². The predicted molar refractivity (Wildman–Crippen MR) is 79.2 cm³/mol. The molecule has 2 atom stereocenters. The van der Waals surface area contributed by atoms with Gasteiger partial charge in [0.25, 0.3) is 0 Å². The zero-order valence-electron chi connectivity index (χ0n) is 12.9. The van der Waals surface area contributed by atoms with Crippen LogP contribution in [0.5, 0.6) is 0 Å². The first-order valence-electron chi connectivity index (χ1n) is 7.50. The number of hydrogen-bond donors (Lipinski definition) is 1. The molecule has 0 aromatic heterocycles. The Kier molecular flexibility index (Phi) is 5.18. The molecule has 0 aromatic rings. The number of hydrogen-bond acceptors (Lipinski definition) is 4. The van der Waals surface area contributed by atoms with Gasteiger partial charge in [0, 0.05) is 31.9 Å². The maximum Gasteiger partial charge on any atom is 0.240 e. The van der Waals surface area contributed by atoms with Gasteiger partial charge in [-0.1, -0.05) is 6.08 Å². The van der Waals surface area contributed by atoms with Crippen molar-refractivity contribution < 1.29 is 9.90 Å². The molecule has 2 unspecified atom stereocenters. The van der Waals surface area contributed by atoms with Crippen LogP contribution in [0.3, 0.4) is 0 Å².